The molecule has 166 valence electrons. The van der Waals surface area contributed by atoms with Crippen molar-refractivity contribution in [3.05, 3.63) is 30.3 Å². The number of carbonyl (C=O) groups excluding carboxylic acids is 1. The van der Waals surface area contributed by atoms with Crippen LogP contribution in [0.15, 0.2) is 30.3 Å². The van der Waals surface area contributed by atoms with Crippen molar-refractivity contribution in [2.75, 3.05) is 32.2 Å². The Bertz CT molecular complexity index is 583. The second kappa shape index (κ2) is 12.5. The van der Waals surface area contributed by atoms with Crippen LogP contribution in [0.2, 0.25) is 30.7 Å². The van der Waals surface area contributed by atoms with Gasteiger partial charge in [0.2, 0.25) is 0 Å². The highest BCUT2D eigenvalue weighted by Gasteiger charge is 2.34. The first-order chi connectivity index (χ1) is 13.8. The van der Waals surface area contributed by atoms with Crippen molar-refractivity contribution in [2.24, 2.45) is 5.92 Å². The Hall–Kier alpha value is -1.16. The number of anilines is 1. The fourth-order valence-corrected chi connectivity index (χ4v) is 7.46. The van der Waals surface area contributed by atoms with E-state index in [0.29, 0.717) is 6.54 Å². The normalized spacial score (nSPS) is 13.2. The van der Waals surface area contributed by atoms with E-state index in [9.17, 15) is 4.79 Å². The molecular weight excluding hydrogens is 398 g/mol. The van der Waals surface area contributed by atoms with Crippen LogP contribution in [-0.4, -0.2) is 50.2 Å². The van der Waals surface area contributed by atoms with Crippen LogP contribution in [0.3, 0.4) is 0 Å². The van der Waals surface area contributed by atoms with Crippen molar-refractivity contribution < 1.29 is 18.1 Å². The van der Waals surface area contributed by atoms with Crippen molar-refractivity contribution in [1.29, 1.82) is 0 Å². The zero-order chi connectivity index (χ0) is 21.9. The van der Waals surface area contributed by atoms with E-state index in [-0.39, 0.29) is 11.9 Å². The molecule has 0 aliphatic rings. The zero-order valence-electron chi connectivity index (χ0n) is 19.5. The van der Waals surface area contributed by atoms with Gasteiger partial charge in [0.15, 0.2) is 0 Å². The lowest BCUT2D eigenvalue weighted by Crippen LogP contribution is -2.42. The number of hydrogen-bond acceptors (Lipinski definition) is 5. The van der Waals surface area contributed by atoms with E-state index in [0.717, 1.165) is 42.8 Å². The van der Waals surface area contributed by atoms with Crippen LogP contribution in [0, 0.1) is 5.92 Å². The maximum atomic E-state index is 12.9. The second-order valence-corrected chi connectivity index (χ2v) is 16.3. The van der Waals surface area contributed by atoms with E-state index in [1.807, 2.05) is 25.1 Å². The Morgan fingerprint density at radius 1 is 1.03 bits per heavy atom. The molecule has 0 heterocycles. The molecular formula is C22H41NO4Si2. The van der Waals surface area contributed by atoms with Crippen LogP contribution < -0.4 is 4.90 Å². The van der Waals surface area contributed by atoms with Crippen molar-refractivity contribution in [1.82, 2.24) is 0 Å². The van der Waals surface area contributed by atoms with Gasteiger partial charge in [-0.2, -0.15) is 0 Å². The van der Waals surface area contributed by atoms with Crippen LogP contribution in [0.4, 0.5) is 5.69 Å². The molecule has 0 N–H and O–H groups in total. The number of hydrogen-bond donors (Lipinski definition) is 0. The molecule has 0 aromatic heterocycles. The van der Waals surface area contributed by atoms with Crippen molar-refractivity contribution in [3.63, 3.8) is 0 Å². The molecule has 7 heteroatoms. The smallest absolute Gasteiger partial charge is 0.334 e. The van der Waals surface area contributed by atoms with Gasteiger partial charge in [-0.1, -0.05) is 45.9 Å². The largest absolute Gasteiger partial charge is 0.519 e. The average Bonchev–Trinajstić information content (AvgIpc) is 2.77. The third-order valence-electron chi connectivity index (χ3n) is 6.19. The third-order valence-corrected chi connectivity index (χ3v) is 13.7. The Labute approximate surface area is 180 Å². The molecule has 0 aliphatic carbocycles. The van der Waals surface area contributed by atoms with Gasteiger partial charge in [0.1, 0.15) is 0 Å². The minimum Gasteiger partial charge on any atom is -0.519 e. The highest BCUT2D eigenvalue weighted by Crippen LogP contribution is 2.24. The number of para-hydroxylation sites is 1. The number of carbonyl (C=O) groups is 1. The molecule has 0 saturated carbocycles. The summed E-state index contributed by atoms with van der Waals surface area (Å²) in [4.78, 5) is 15.2. The second-order valence-electron chi connectivity index (χ2n) is 7.99. The predicted molar refractivity (Wildman–Crippen MR) is 126 cm³/mol. The fourth-order valence-electron chi connectivity index (χ4n) is 3.53. The number of rotatable bonds is 14. The first-order valence-electron chi connectivity index (χ1n) is 10.9. The van der Waals surface area contributed by atoms with Gasteiger partial charge in [0.05, 0.1) is 5.92 Å². The van der Waals surface area contributed by atoms with Gasteiger partial charge in [-0.05, 0) is 49.3 Å². The summed E-state index contributed by atoms with van der Waals surface area (Å²) in [7, 11) is -0.555. The molecule has 0 spiro atoms. The summed E-state index contributed by atoms with van der Waals surface area (Å²) in [6.45, 7) is 12.0. The summed E-state index contributed by atoms with van der Waals surface area (Å²) in [6.07, 6.45) is 0.957. The highest BCUT2D eigenvalue weighted by molar-refractivity contribution is 6.74. The van der Waals surface area contributed by atoms with Crippen LogP contribution >= 0.6 is 0 Å². The molecule has 1 atom stereocenters. The summed E-state index contributed by atoms with van der Waals surface area (Å²) in [5, 5.41) is 0. The van der Waals surface area contributed by atoms with E-state index in [4.69, 9.17) is 13.3 Å². The molecule has 29 heavy (non-hydrogen) atoms. The molecule has 0 radical (unpaired) electrons. The first-order valence-corrected chi connectivity index (χ1v) is 16.0. The Morgan fingerprint density at radius 3 is 2.07 bits per heavy atom. The summed E-state index contributed by atoms with van der Waals surface area (Å²) in [6, 6.07) is 14.2. The van der Waals surface area contributed by atoms with Gasteiger partial charge in [-0.3, -0.25) is 4.79 Å². The first kappa shape index (κ1) is 25.9. The molecule has 1 aromatic rings. The monoisotopic (exact) mass is 439 g/mol. The Balaban J connectivity index is 2.82. The minimum atomic E-state index is -2.09. The van der Waals surface area contributed by atoms with Crippen molar-refractivity contribution in [3.8, 4) is 0 Å². The predicted octanol–water partition coefficient (Wildman–Crippen LogP) is 5.43. The molecule has 1 unspecified atom stereocenters. The Kier molecular flexibility index (Phi) is 11.2. The van der Waals surface area contributed by atoms with E-state index in [1.165, 1.54) is 0 Å². The van der Waals surface area contributed by atoms with Crippen LogP contribution in [-0.2, 0) is 18.1 Å². The zero-order valence-corrected chi connectivity index (χ0v) is 21.5. The summed E-state index contributed by atoms with van der Waals surface area (Å²) < 4.78 is 17.3. The Morgan fingerprint density at radius 2 is 1.59 bits per heavy atom. The molecule has 0 fully saturated rings. The summed E-state index contributed by atoms with van der Waals surface area (Å²) in [5.41, 5.74) is 1.13. The van der Waals surface area contributed by atoms with Crippen LogP contribution in [0.5, 0.6) is 0 Å². The molecule has 0 aliphatic heterocycles. The van der Waals surface area contributed by atoms with Gasteiger partial charge in [0, 0.05) is 33.0 Å². The lowest BCUT2D eigenvalue weighted by atomic mass is 10.1. The molecule has 5 nitrogen and oxygen atoms in total. The fraction of sp³-hybridized carbons (Fsp3) is 0.682. The summed E-state index contributed by atoms with van der Waals surface area (Å²) >= 11 is 0. The summed E-state index contributed by atoms with van der Waals surface area (Å²) in [5.74, 6) is -0.212. The van der Waals surface area contributed by atoms with E-state index in [2.05, 4.69) is 44.4 Å². The maximum absolute atomic E-state index is 12.9. The standard InChI is InChI=1S/C22H41NO4Si2/c1-8-29(9-2,10-3)27-22(24)20(4)19-23(21-15-12-11-13-16-21)17-14-18-28(7,25-5)26-6/h11-13,15-16,20H,8-10,14,17-19H2,1-7H3. The maximum Gasteiger partial charge on any atom is 0.334 e. The van der Waals surface area contributed by atoms with Gasteiger partial charge in [-0.25, -0.2) is 0 Å². The quantitative estimate of drug-likeness (QED) is 0.362. The van der Waals surface area contributed by atoms with Gasteiger partial charge in [0.25, 0.3) is 14.3 Å². The van der Waals surface area contributed by atoms with Crippen LogP contribution in [0.1, 0.15) is 34.1 Å². The molecule has 0 amide bonds. The molecule has 1 aromatic carbocycles. The van der Waals surface area contributed by atoms with Gasteiger partial charge in [-0.15, -0.1) is 0 Å². The van der Waals surface area contributed by atoms with Gasteiger partial charge < -0.3 is 18.2 Å². The van der Waals surface area contributed by atoms with E-state index in [1.54, 1.807) is 14.2 Å². The lowest BCUT2D eigenvalue weighted by molar-refractivity contribution is -0.139. The highest BCUT2D eigenvalue weighted by atomic mass is 28.4. The minimum absolute atomic E-state index is 0.0452. The topological polar surface area (TPSA) is 48.0 Å². The lowest BCUT2D eigenvalue weighted by Gasteiger charge is -2.32. The third kappa shape index (κ3) is 7.88. The SMILES string of the molecule is CC[Si](CC)(CC)OC(=O)C(C)CN(CCC[Si](C)(OC)OC)c1ccccc1. The number of nitrogens with zero attached hydrogens (tertiary/aromatic N) is 1. The molecule has 1 rings (SSSR count). The van der Waals surface area contributed by atoms with Crippen molar-refractivity contribution >= 4 is 28.5 Å². The van der Waals surface area contributed by atoms with Crippen LogP contribution in [0.25, 0.3) is 0 Å². The molecule has 0 saturated heterocycles. The van der Waals surface area contributed by atoms with Gasteiger partial charge >= 0.3 is 8.56 Å². The van der Waals surface area contributed by atoms with E-state index >= 15 is 0 Å². The van der Waals surface area contributed by atoms with E-state index < -0.39 is 16.9 Å². The van der Waals surface area contributed by atoms with Crippen molar-refractivity contribution in [2.45, 2.75) is 64.8 Å². The average molecular weight is 440 g/mol. The molecule has 0 bridgehead atoms. The number of benzene rings is 1.